The molecule has 2 N–H and O–H groups in total. The Bertz CT molecular complexity index is 1910. The van der Waals surface area contributed by atoms with Crippen LogP contribution in [0.5, 0.6) is 0 Å². The Labute approximate surface area is 278 Å². The van der Waals surface area contributed by atoms with Crippen LogP contribution >= 0.6 is 12.2 Å². The molecule has 1 heterocycles. The van der Waals surface area contributed by atoms with Gasteiger partial charge in [0, 0.05) is 48.8 Å². The predicted octanol–water partition coefficient (Wildman–Crippen LogP) is 6.78. The number of nitriles is 1. The van der Waals surface area contributed by atoms with Crippen molar-refractivity contribution in [1.29, 1.82) is 5.26 Å². The van der Waals surface area contributed by atoms with E-state index in [9.17, 15) is 14.9 Å². The minimum atomic E-state index is -0.439. The molecule has 0 bridgehead atoms. The van der Waals surface area contributed by atoms with Gasteiger partial charge in [-0.25, -0.2) is 4.98 Å². The standard InChI is InChI=1S/C36H35N7O3S/c1-3-25(2)34(40-35(44)19-32-21-38-24-42(32)30-15-11-26(20-37)12-16-30)23-41(22-28-9-6-8-27-7-4-5-10-33(27)28)36(47)39-29-13-17-31(18-14-29)43(45)46/h4-18,21,24-25,34H,3,19,22-23H2,1-2H3,(H,39,47)(H,40,44). The molecule has 0 saturated heterocycles. The first-order chi connectivity index (χ1) is 22.7. The van der Waals surface area contributed by atoms with Crippen LogP contribution in [0, 0.1) is 27.4 Å². The number of thiocarbonyl (C=S) groups is 1. The Morgan fingerprint density at radius 3 is 2.49 bits per heavy atom. The number of nitrogens with one attached hydrogen (secondary N) is 2. The number of carbonyl (C=O) groups excluding carboxylic acids is 1. The second kappa shape index (κ2) is 15.1. The lowest BCUT2D eigenvalue weighted by molar-refractivity contribution is -0.384. The van der Waals surface area contributed by atoms with E-state index in [1.165, 1.54) is 12.1 Å². The van der Waals surface area contributed by atoms with Crippen molar-refractivity contribution in [2.75, 3.05) is 11.9 Å². The van der Waals surface area contributed by atoms with Crippen molar-refractivity contribution in [2.24, 2.45) is 5.92 Å². The number of anilines is 1. The predicted molar refractivity (Wildman–Crippen MR) is 187 cm³/mol. The SMILES string of the molecule is CCC(C)C(CN(Cc1cccc2ccccc12)C(=S)Nc1ccc([N+](=O)[O-])cc1)NC(=O)Cc1cncn1-c1ccc(C#N)cc1. The number of hydrogen-bond acceptors (Lipinski definition) is 6. The van der Waals surface area contributed by atoms with Crippen LogP contribution in [0.2, 0.25) is 0 Å². The van der Waals surface area contributed by atoms with Gasteiger partial charge in [-0.2, -0.15) is 5.26 Å². The molecule has 5 rings (SSSR count). The lowest BCUT2D eigenvalue weighted by Gasteiger charge is -2.33. The second-order valence-corrected chi connectivity index (χ2v) is 11.8. The molecule has 4 aromatic carbocycles. The minimum absolute atomic E-state index is 0.00541. The van der Waals surface area contributed by atoms with Crippen molar-refractivity contribution in [3.8, 4) is 11.8 Å². The fraction of sp³-hybridized carbons (Fsp3) is 0.222. The van der Waals surface area contributed by atoms with Gasteiger partial charge >= 0.3 is 0 Å². The van der Waals surface area contributed by atoms with E-state index >= 15 is 0 Å². The first-order valence-corrected chi connectivity index (χ1v) is 15.7. The smallest absolute Gasteiger partial charge is 0.269 e. The number of nitro benzene ring substituents is 1. The molecule has 0 spiro atoms. The molecular weight excluding hydrogens is 611 g/mol. The van der Waals surface area contributed by atoms with E-state index in [1.807, 2.05) is 39.8 Å². The van der Waals surface area contributed by atoms with Gasteiger partial charge in [0.25, 0.3) is 5.69 Å². The van der Waals surface area contributed by atoms with Gasteiger partial charge in [0.1, 0.15) is 0 Å². The summed E-state index contributed by atoms with van der Waals surface area (Å²) in [6.45, 7) is 5.10. The summed E-state index contributed by atoms with van der Waals surface area (Å²) in [6, 6.07) is 29.5. The third kappa shape index (κ3) is 8.17. The number of non-ortho nitro benzene ring substituents is 1. The van der Waals surface area contributed by atoms with Crippen LogP contribution < -0.4 is 10.6 Å². The largest absolute Gasteiger partial charge is 0.351 e. The fourth-order valence-electron chi connectivity index (χ4n) is 5.42. The maximum absolute atomic E-state index is 13.6. The highest BCUT2D eigenvalue weighted by Gasteiger charge is 2.25. The van der Waals surface area contributed by atoms with Crippen molar-refractivity contribution < 1.29 is 9.72 Å². The van der Waals surface area contributed by atoms with Crippen LogP contribution in [0.15, 0.2) is 104 Å². The van der Waals surface area contributed by atoms with Crippen LogP contribution in [0.3, 0.4) is 0 Å². The summed E-state index contributed by atoms with van der Waals surface area (Å²) >= 11 is 5.94. The van der Waals surface area contributed by atoms with E-state index in [0.717, 1.165) is 34.1 Å². The highest BCUT2D eigenvalue weighted by atomic mass is 32.1. The third-order valence-corrected chi connectivity index (χ3v) is 8.64. The Balaban J connectivity index is 1.38. The molecule has 1 amide bonds. The number of amides is 1. The van der Waals surface area contributed by atoms with Gasteiger partial charge in [-0.15, -0.1) is 0 Å². The Morgan fingerprint density at radius 1 is 1.06 bits per heavy atom. The summed E-state index contributed by atoms with van der Waals surface area (Å²) in [6.07, 6.45) is 4.27. The van der Waals surface area contributed by atoms with E-state index in [4.69, 9.17) is 17.5 Å². The van der Waals surface area contributed by atoms with Gasteiger partial charge in [-0.1, -0.05) is 62.7 Å². The zero-order valence-corrected chi connectivity index (χ0v) is 27.0. The van der Waals surface area contributed by atoms with Gasteiger partial charge in [-0.05, 0) is 70.9 Å². The highest BCUT2D eigenvalue weighted by molar-refractivity contribution is 7.80. The summed E-state index contributed by atoms with van der Waals surface area (Å²) < 4.78 is 1.84. The van der Waals surface area contributed by atoms with Crippen molar-refractivity contribution in [3.05, 3.63) is 130 Å². The van der Waals surface area contributed by atoms with Crippen LogP contribution in [-0.4, -0.2) is 43.0 Å². The Hall–Kier alpha value is -5.60. The first-order valence-electron chi connectivity index (χ1n) is 15.3. The van der Waals surface area contributed by atoms with Gasteiger partial charge < -0.3 is 20.1 Å². The molecule has 11 heteroatoms. The number of fused-ring (bicyclic) bond motifs is 1. The molecule has 0 radical (unpaired) electrons. The number of nitrogens with zero attached hydrogens (tertiary/aromatic N) is 5. The summed E-state index contributed by atoms with van der Waals surface area (Å²) in [5.41, 5.74) is 3.79. The summed E-state index contributed by atoms with van der Waals surface area (Å²) in [7, 11) is 0. The normalized spacial score (nSPS) is 12.1. The van der Waals surface area contributed by atoms with E-state index in [2.05, 4.69) is 59.8 Å². The van der Waals surface area contributed by atoms with Crippen molar-refractivity contribution in [3.63, 3.8) is 0 Å². The van der Waals surface area contributed by atoms with Crippen LogP contribution in [0.1, 0.15) is 37.1 Å². The molecule has 0 fully saturated rings. The molecule has 0 aliphatic heterocycles. The zero-order valence-electron chi connectivity index (χ0n) is 26.2. The summed E-state index contributed by atoms with van der Waals surface area (Å²) in [5.74, 6) is -0.0235. The van der Waals surface area contributed by atoms with Crippen molar-refractivity contribution in [2.45, 2.75) is 39.3 Å². The van der Waals surface area contributed by atoms with E-state index in [1.54, 1.807) is 36.8 Å². The van der Waals surface area contributed by atoms with Crippen LogP contribution in [0.25, 0.3) is 16.5 Å². The molecule has 2 atom stereocenters. The molecular formula is C36H35N7O3S. The van der Waals surface area contributed by atoms with Crippen LogP contribution in [0.4, 0.5) is 11.4 Å². The molecule has 0 aliphatic carbocycles. The molecule has 2 unspecified atom stereocenters. The highest BCUT2D eigenvalue weighted by Crippen LogP contribution is 2.23. The van der Waals surface area contributed by atoms with E-state index in [-0.39, 0.29) is 30.0 Å². The quantitative estimate of drug-likeness (QED) is 0.0864. The van der Waals surface area contributed by atoms with E-state index < -0.39 is 4.92 Å². The average Bonchev–Trinajstić information content (AvgIpc) is 3.55. The third-order valence-electron chi connectivity index (χ3n) is 8.28. The zero-order chi connectivity index (χ0) is 33.3. The molecule has 5 aromatic rings. The Morgan fingerprint density at radius 2 is 1.79 bits per heavy atom. The number of imidazole rings is 1. The minimum Gasteiger partial charge on any atom is -0.351 e. The lowest BCUT2D eigenvalue weighted by atomic mass is 9.97. The summed E-state index contributed by atoms with van der Waals surface area (Å²) in [5, 5.41) is 29.5. The monoisotopic (exact) mass is 645 g/mol. The fourth-order valence-corrected chi connectivity index (χ4v) is 5.68. The number of benzene rings is 4. The van der Waals surface area contributed by atoms with Gasteiger partial charge in [0.15, 0.2) is 5.11 Å². The maximum atomic E-state index is 13.6. The molecule has 1 aromatic heterocycles. The molecule has 0 aliphatic rings. The number of nitro groups is 1. The average molecular weight is 646 g/mol. The number of rotatable bonds is 12. The number of aromatic nitrogens is 2. The second-order valence-electron chi connectivity index (χ2n) is 11.4. The Kier molecular flexibility index (Phi) is 10.5. The van der Waals surface area contributed by atoms with E-state index in [0.29, 0.717) is 29.5 Å². The molecule has 0 saturated carbocycles. The van der Waals surface area contributed by atoms with Crippen LogP contribution in [-0.2, 0) is 17.8 Å². The molecule has 238 valence electrons. The van der Waals surface area contributed by atoms with Gasteiger partial charge in [-0.3, -0.25) is 14.9 Å². The van der Waals surface area contributed by atoms with Gasteiger partial charge in [0.05, 0.1) is 35.0 Å². The van der Waals surface area contributed by atoms with Crippen molar-refractivity contribution >= 4 is 45.4 Å². The topological polar surface area (TPSA) is 129 Å². The first kappa shape index (κ1) is 32.8. The summed E-state index contributed by atoms with van der Waals surface area (Å²) in [4.78, 5) is 30.6. The molecule has 47 heavy (non-hydrogen) atoms. The maximum Gasteiger partial charge on any atom is 0.269 e. The lowest BCUT2D eigenvalue weighted by Crippen LogP contribution is -2.50. The number of hydrogen-bond donors (Lipinski definition) is 2. The van der Waals surface area contributed by atoms with Gasteiger partial charge in [0.2, 0.25) is 5.91 Å². The van der Waals surface area contributed by atoms with Crippen molar-refractivity contribution in [1.82, 2.24) is 19.8 Å². The number of carbonyl (C=O) groups is 1. The molecule has 10 nitrogen and oxygen atoms in total.